The van der Waals surface area contributed by atoms with E-state index in [-0.39, 0.29) is 6.61 Å². The van der Waals surface area contributed by atoms with E-state index in [1.807, 2.05) is 0 Å². The summed E-state index contributed by atoms with van der Waals surface area (Å²) in [6.07, 6.45) is 1.54. The van der Waals surface area contributed by atoms with Crippen LogP contribution in [0.2, 0.25) is 5.15 Å². The summed E-state index contributed by atoms with van der Waals surface area (Å²) in [6.45, 7) is 1.97. The second-order valence-electron chi connectivity index (χ2n) is 2.83. The van der Waals surface area contributed by atoms with Gasteiger partial charge in [-0.05, 0) is 12.1 Å². The van der Waals surface area contributed by atoms with Gasteiger partial charge in [0.15, 0.2) is 6.61 Å². The molecule has 0 spiro atoms. The Bertz CT molecular complexity index is 441. The largest absolute Gasteiger partial charge is 0.484 e. The Balaban J connectivity index is 1.96. The van der Waals surface area contributed by atoms with Gasteiger partial charge in [-0.3, -0.25) is 0 Å². The van der Waals surface area contributed by atoms with E-state index in [2.05, 4.69) is 15.1 Å². The molecule has 2 aromatic heterocycles. The van der Waals surface area contributed by atoms with Crippen molar-refractivity contribution in [3.8, 4) is 5.75 Å². The van der Waals surface area contributed by atoms with E-state index in [0.717, 1.165) is 0 Å². The van der Waals surface area contributed by atoms with Gasteiger partial charge in [-0.2, -0.15) is 4.98 Å². The van der Waals surface area contributed by atoms with Crippen molar-refractivity contribution in [2.45, 2.75) is 13.5 Å². The number of aryl methyl sites for hydroxylation is 1. The van der Waals surface area contributed by atoms with Crippen LogP contribution in [-0.2, 0) is 6.61 Å². The summed E-state index contributed by atoms with van der Waals surface area (Å²) in [5.74, 6) is 1.63. The molecular weight excluding hydrogens is 218 g/mol. The molecule has 6 heteroatoms. The number of halogens is 1. The maximum Gasteiger partial charge on any atom is 0.223 e. The van der Waals surface area contributed by atoms with Gasteiger partial charge in [0.25, 0.3) is 0 Å². The van der Waals surface area contributed by atoms with Gasteiger partial charge in [-0.1, -0.05) is 16.8 Å². The summed E-state index contributed by atoms with van der Waals surface area (Å²) in [4.78, 5) is 7.87. The van der Waals surface area contributed by atoms with Crippen molar-refractivity contribution < 1.29 is 9.26 Å². The maximum absolute atomic E-state index is 5.63. The van der Waals surface area contributed by atoms with Gasteiger partial charge in [-0.25, -0.2) is 4.98 Å². The molecule has 0 saturated heterocycles. The summed E-state index contributed by atoms with van der Waals surface area (Å²) in [5, 5.41) is 4.12. The highest BCUT2D eigenvalue weighted by Crippen LogP contribution is 2.13. The van der Waals surface area contributed by atoms with Crippen LogP contribution in [0.1, 0.15) is 11.7 Å². The molecule has 15 heavy (non-hydrogen) atoms. The smallest absolute Gasteiger partial charge is 0.223 e. The lowest BCUT2D eigenvalue weighted by atomic mass is 10.5. The number of hydrogen-bond donors (Lipinski definition) is 0. The van der Waals surface area contributed by atoms with Gasteiger partial charge in [0.2, 0.25) is 11.7 Å². The lowest BCUT2D eigenvalue weighted by molar-refractivity contribution is 0.284. The van der Waals surface area contributed by atoms with Crippen LogP contribution in [0.15, 0.2) is 22.9 Å². The molecule has 0 N–H and O–H groups in total. The first-order chi connectivity index (χ1) is 7.24. The van der Waals surface area contributed by atoms with Crippen molar-refractivity contribution in [2.24, 2.45) is 0 Å². The predicted molar refractivity (Wildman–Crippen MR) is 52.6 cm³/mol. The number of nitrogens with zero attached hydrogens (tertiary/aromatic N) is 3. The quantitative estimate of drug-likeness (QED) is 0.748. The third-order valence-corrected chi connectivity index (χ3v) is 1.86. The number of rotatable bonds is 3. The van der Waals surface area contributed by atoms with Crippen LogP contribution in [0.25, 0.3) is 0 Å². The standard InChI is InChI=1S/C9H8ClN3O2/c1-6-12-9(13-15-6)5-14-7-2-3-8(10)11-4-7/h2-4H,5H2,1H3. The zero-order chi connectivity index (χ0) is 10.7. The van der Waals surface area contributed by atoms with Gasteiger partial charge < -0.3 is 9.26 Å². The Morgan fingerprint density at radius 3 is 2.93 bits per heavy atom. The molecule has 0 amide bonds. The highest BCUT2D eigenvalue weighted by molar-refractivity contribution is 6.29. The highest BCUT2D eigenvalue weighted by atomic mass is 35.5. The molecule has 0 radical (unpaired) electrons. The minimum Gasteiger partial charge on any atom is -0.484 e. The van der Waals surface area contributed by atoms with Crippen molar-refractivity contribution in [3.63, 3.8) is 0 Å². The monoisotopic (exact) mass is 225 g/mol. The third-order valence-electron chi connectivity index (χ3n) is 1.64. The van der Waals surface area contributed by atoms with Gasteiger partial charge in [0.05, 0.1) is 6.20 Å². The molecule has 0 aliphatic rings. The Hall–Kier alpha value is -1.62. The molecule has 0 unspecified atom stereocenters. The summed E-state index contributed by atoms with van der Waals surface area (Å²) < 4.78 is 10.1. The van der Waals surface area contributed by atoms with E-state index in [1.165, 1.54) is 6.20 Å². The number of aromatic nitrogens is 3. The molecule has 0 bridgehead atoms. The van der Waals surface area contributed by atoms with Crippen molar-refractivity contribution in [3.05, 3.63) is 35.2 Å². The van der Waals surface area contributed by atoms with Crippen LogP contribution >= 0.6 is 11.6 Å². The van der Waals surface area contributed by atoms with Crippen molar-refractivity contribution in [1.82, 2.24) is 15.1 Å². The van der Waals surface area contributed by atoms with E-state index in [9.17, 15) is 0 Å². The van der Waals surface area contributed by atoms with Crippen molar-refractivity contribution >= 4 is 11.6 Å². The maximum atomic E-state index is 5.63. The summed E-state index contributed by atoms with van der Waals surface area (Å²) in [7, 11) is 0. The van der Waals surface area contributed by atoms with Crippen LogP contribution in [0.3, 0.4) is 0 Å². The summed E-state index contributed by atoms with van der Waals surface area (Å²) in [6, 6.07) is 3.38. The molecule has 0 atom stereocenters. The Morgan fingerprint density at radius 2 is 2.33 bits per heavy atom. The van der Waals surface area contributed by atoms with E-state index >= 15 is 0 Å². The molecule has 2 aromatic rings. The van der Waals surface area contributed by atoms with E-state index < -0.39 is 0 Å². The highest BCUT2D eigenvalue weighted by Gasteiger charge is 2.03. The van der Waals surface area contributed by atoms with E-state index in [4.69, 9.17) is 20.9 Å². The molecule has 78 valence electrons. The first-order valence-electron chi connectivity index (χ1n) is 4.27. The number of pyridine rings is 1. The minimum atomic E-state index is 0.251. The summed E-state index contributed by atoms with van der Waals surface area (Å²) >= 11 is 5.63. The van der Waals surface area contributed by atoms with Crippen molar-refractivity contribution in [1.29, 1.82) is 0 Å². The lowest BCUT2D eigenvalue weighted by Gasteiger charge is -2.01. The van der Waals surface area contributed by atoms with Crippen LogP contribution in [-0.4, -0.2) is 15.1 Å². The Labute approximate surface area is 91.0 Å². The normalized spacial score (nSPS) is 10.3. The van der Waals surface area contributed by atoms with Crippen LogP contribution < -0.4 is 4.74 Å². The van der Waals surface area contributed by atoms with Crippen LogP contribution in [0.5, 0.6) is 5.75 Å². The molecule has 0 aliphatic heterocycles. The molecule has 0 aliphatic carbocycles. The molecular formula is C9H8ClN3O2. The zero-order valence-corrected chi connectivity index (χ0v) is 8.73. The zero-order valence-electron chi connectivity index (χ0n) is 7.98. The molecule has 0 saturated carbocycles. The predicted octanol–water partition coefficient (Wildman–Crippen LogP) is 2.01. The number of ether oxygens (including phenoxy) is 1. The minimum absolute atomic E-state index is 0.251. The van der Waals surface area contributed by atoms with Gasteiger partial charge in [0, 0.05) is 6.92 Å². The number of hydrogen-bond acceptors (Lipinski definition) is 5. The molecule has 0 fully saturated rings. The summed E-state index contributed by atoms with van der Waals surface area (Å²) in [5.41, 5.74) is 0. The van der Waals surface area contributed by atoms with E-state index in [0.29, 0.717) is 22.6 Å². The van der Waals surface area contributed by atoms with E-state index in [1.54, 1.807) is 19.1 Å². The fourth-order valence-electron chi connectivity index (χ4n) is 0.995. The molecule has 2 rings (SSSR count). The SMILES string of the molecule is Cc1nc(COc2ccc(Cl)nc2)no1. The fourth-order valence-corrected chi connectivity index (χ4v) is 1.11. The third kappa shape index (κ3) is 2.66. The average molecular weight is 226 g/mol. The van der Waals surface area contributed by atoms with Crippen LogP contribution in [0, 0.1) is 6.92 Å². The van der Waals surface area contributed by atoms with Crippen molar-refractivity contribution in [2.75, 3.05) is 0 Å². The topological polar surface area (TPSA) is 61.0 Å². The van der Waals surface area contributed by atoms with Gasteiger partial charge in [-0.15, -0.1) is 0 Å². The second-order valence-corrected chi connectivity index (χ2v) is 3.22. The first kappa shape index (κ1) is 9.92. The van der Waals surface area contributed by atoms with Gasteiger partial charge >= 0.3 is 0 Å². The van der Waals surface area contributed by atoms with Gasteiger partial charge in [0.1, 0.15) is 10.9 Å². The molecule has 5 nitrogen and oxygen atoms in total. The first-order valence-corrected chi connectivity index (χ1v) is 4.65. The second kappa shape index (κ2) is 4.27. The van der Waals surface area contributed by atoms with Crippen LogP contribution in [0.4, 0.5) is 0 Å². The average Bonchev–Trinajstić information content (AvgIpc) is 2.64. The Morgan fingerprint density at radius 1 is 1.47 bits per heavy atom. The molecule has 0 aromatic carbocycles. The Kier molecular flexibility index (Phi) is 2.82. The molecule has 2 heterocycles. The fraction of sp³-hybridized carbons (Fsp3) is 0.222. The lowest BCUT2D eigenvalue weighted by Crippen LogP contribution is -1.97.